The Morgan fingerprint density at radius 1 is 1.11 bits per heavy atom. The first-order valence-corrected chi connectivity index (χ1v) is 11.6. The number of aromatic nitrogens is 4. The topological polar surface area (TPSA) is 107 Å². The highest BCUT2D eigenvalue weighted by molar-refractivity contribution is 6.42. The molecule has 0 radical (unpaired) electrons. The highest BCUT2D eigenvalue weighted by Gasteiger charge is 2.21. The minimum atomic E-state index is 0. The van der Waals surface area contributed by atoms with Gasteiger partial charge in [-0.05, 0) is 43.7 Å². The van der Waals surface area contributed by atoms with Crippen molar-refractivity contribution in [1.29, 1.82) is 0 Å². The third kappa shape index (κ3) is 5.70. The maximum Gasteiger partial charge on any atom is 0.243 e. The van der Waals surface area contributed by atoms with Crippen LogP contribution in [0.5, 0.6) is 11.5 Å². The summed E-state index contributed by atoms with van der Waals surface area (Å²) in [6.45, 7) is 1.09. The van der Waals surface area contributed by atoms with Crippen LogP contribution in [-0.4, -0.2) is 33.8 Å². The number of hydrogen-bond donors (Lipinski definition) is 2. The second-order valence-electron chi connectivity index (χ2n) is 7.84. The van der Waals surface area contributed by atoms with Gasteiger partial charge < -0.3 is 24.6 Å². The molecule has 2 aromatic heterocycles. The van der Waals surface area contributed by atoms with Gasteiger partial charge in [0.25, 0.3) is 0 Å². The van der Waals surface area contributed by atoms with Crippen LogP contribution in [-0.2, 0) is 6.61 Å². The molecule has 184 valence electrons. The van der Waals surface area contributed by atoms with Crippen LogP contribution < -0.4 is 20.1 Å². The lowest BCUT2D eigenvalue weighted by molar-refractivity contribution is 0.265. The predicted octanol–water partition coefficient (Wildman–Crippen LogP) is 5.89. The third-order valence-electron chi connectivity index (χ3n) is 5.55. The summed E-state index contributed by atoms with van der Waals surface area (Å²) >= 11 is 12.2. The van der Waals surface area contributed by atoms with Gasteiger partial charge >= 0.3 is 0 Å². The zero-order valence-electron chi connectivity index (χ0n) is 18.8. The van der Waals surface area contributed by atoms with E-state index in [-0.39, 0.29) is 25.1 Å². The van der Waals surface area contributed by atoms with Gasteiger partial charge in [-0.2, -0.15) is 4.98 Å². The quantitative estimate of drug-likeness (QED) is 0.298. The number of ether oxygens (including phenoxy) is 2. The fraction of sp³-hybridized carbons (Fsp3) is 0.304. The van der Waals surface area contributed by atoms with Crippen LogP contribution in [0.4, 0.5) is 11.5 Å². The SMILES string of the molecule is COc1cc2c(Nc3ccc(Cl)c(Cl)c3)ncnc2cc1OCc1noc(C2CCCCN2)n1.Cl. The average molecular weight is 538 g/mol. The Labute approximate surface area is 217 Å². The van der Waals surface area contributed by atoms with Crippen LogP contribution in [0.2, 0.25) is 10.0 Å². The van der Waals surface area contributed by atoms with Crippen molar-refractivity contribution >= 4 is 58.0 Å². The molecule has 2 N–H and O–H groups in total. The minimum Gasteiger partial charge on any atom is -0.493 e. The van der Waals surface area contributed by atoms with E-state index in [1.165, 1.54) is 6.33 Å². The Bertz CT molecular complexity index is 1310. The number of fused-ring (bicyclic) bond motifs is 1. The van der Waals surface area contributed by atoms with Crippen molar-refractivity contribution in [3.05, 3.63) is 58.4 Å². The normalized spacial score (nSPS) is 15.5. The molecular formula is C23H23Cl3N6O3. The lowest BCUT2D eigenvalue weighted by Gasteiger charge is -2.19. The van der Waals surface area contributed by atoms with Gasteiger partial charge in [-0.15, -0.1) is 12.4 Å². The van der Waals surface area contributed by atoms with Gasteiger partial charge in [0, 0.05) is 17.1 Å². The Balaban J connectivity index is 0.00000289. The highest BCUT2D eigenvalue weighted by atomic mass is 35.5. The number of anilines is 2. The number of benzene rings is 2. The van der Waals surface area contributed by atoms with Gasteiger partial charge in [0.2, 0.25) is 11.7 Å². The molecular weight excluding hydrogens is 515 g/mol. The van der Waals surface area contributed by atoms with Crippen molar-refractivity contribution < 1.29 is 14.0 Å². The Hall–Kier alpha value is -2.85. The zero-order valence-corrected chi connectivity index (χ0v) is 21.1. The van der Waals surface area contributed by atoms with Crippen LogP contribution in [0.25, 0.3) is 10.9 Å². The number of halogens is 3. The first-order valence-electron chi connectivity index (χ1n) is 10.8. The minimum absolute atomic E-state index is 0. The van der Waals surface area contributed by atoms with Crippen LogP contribution in [0.3, 0.4) is 0 Å². The number of hydrogen-bond acceptors (Lipinski definition) is 9. The smallest absolute Gasteiger partial charge is 0.243 e. The molecule has 1 unspecified atom stereocenters. The van der Waals surface area contributed by atoms with E-state index in [2.05, 4.69) is 30.7 Å². The van der Waals surface area contributed by atoms with E-state index in [0.717, 1.165) is 36.9 Å². The van der Waals surface area contributed by atoms with E-state index in [0.29, 0.717) is 44.6 Å². The maximum absolute atomic E-state index is 6.14. The van der Waals surface area contributed by atoms with Gasteiger partial charge in [-0.3, -0.25) is 0 Å². The summed E-state index contributed by atoms with van der Waals surface area (Å²) in [6, 6.07) is 8.98. The molecule has 1 atom stereocenters. The van der Waals surface area contributed by atoms with Crippen LogP contribution >= 0.6 is 35.6 Å². The monoisotopic (exact) mass is 536 g/mol. The molecule has 0 aliphatic carbocycles. The van der Waals surface area contributed by atoms with Gasteiger partial charge in [0.15, 0.2) is 18.1 Å². The second kappa shape index (κ2) is 11.3. The van der Waals surface area contributed by atoms with Gasteiger partial charge in [-0.25, -0.2) is 9.97 Å². The first kappa shape index (κ1) is 25.2. The summed E-state index contributed by atoms with van der Waals surface area (Å²) in [6.07, 6.45) is 4.76. The molecule has 4 aromatic rings. The molecule has 0 spiro atoms. The fourth-order valence-corrected chi connectivity index (χ4v) is 4.12. The molecule has 0 saturated carbocycles. The lowest BCUT2D eigenvalue weighted by atomic mass is 10.1. The van der Waals surface area contributed by atoms with E-state index < -0.39 is 0 Å². The van der Waals surface area contributed by atoms with E-state index in [1.54, 1.807) is 25.3 Å². The largest absolute Gasteiger partial charge is 0.493 e. The lowest BCUT2D eigenvalue weighted by Crippen LogP contribution is -2.27. The first-order chi connectivity index (χ1) is 16.6. The molecule has 12 heteroatoms. The number of nitrogens with one attached hydrogen (secondary N) is 2. The predicted molar refractivity (Wildman–Crippen MR) is 136 cm³/mol. The maximum atomic E-state index is 6.14. The molecule has 1 fully saturated rings. The van der Waals surface area contributed by atoms with Gasteiger partial charge in [0.05, 0.1) is 28.7 Å². The van der Waals surface area contributed by atoms with E-state index in [1.807, 2.05) is 12.1 Å². The molecule has 1 aliphatic rings. The second-order valence-corrected chi connectivity index (χ2v) is 8.65. The summed E-state index contributed by atoms with van der Waals surface area (Å²) in [7, 11) is 1.57. The van der Waals surface area contributed by atoms with Gasteiger partial charge in [-0.1, -0.05) is 34.8 Å². The summed E-state index contributed by atoms with van der Waals surface area (Å²) in [5.74, 6) is 2.69. The molecule has 3 heterocycles. The summed E-state index contributed by atoms with van der Waals surface area (Å²) in [5.41, 5.74) is 1.42. The molecule has 9 nitrogen and oxygen atoms in total. The fourth-order valence-electron chi connectivity index (χ4n) is 3.82. The van der Waals surface area contributed by atoms with E-state index >= 15 is 0 Å². The molecule has 35 heavy (non-hydrogen) atoms. The van der Waals surface area contributed by atoms with Crippen LogP contribution in [0.1, 0.15) is 37.0 Å². The van der Waals surface area contributed by atoms with Crippen molar-refractivity contribution in [2.75, 3.05) is 19.0 Å². The average Bonchev–Trinajstić information content (AvgIpc) is 3.34. The van der Waals surface area contributed by atoms with Crippen molar-refractivity contribution in [3.63, 3.8) is 0 Å². The molecule has 0 bridgehead atoms. The van der Waals surface area contributed by atoms with Gasteiger partial charge in [0.1, 0.15) is 12.1 Å². The number of nitrogens with zero attached hydrogens (tertiary/aromatic N) is 4. The standard InChI is InChI=1S/C23H22Cl2N6O3.ClH/c1-32-19-9-14-18(27-12-28-22(14)29-13-5-6-15(24)16(25)8-13)10-20(19)33-11-21-30-23(34-31-21)17-4-2-3-7-26-17;/h5-6,8-10,12,17,26H,2-4,7,11H2,1H3,(H,27,28,29);1H. The number of methoxy groups -OCH3 is 1. The summed E-state index contributed by atoms with van der Waals surface area (Å²) in [4.78, 5) is 13.2. The van der Waals surface area contributed by atoms with Crippen molar-refractivity contribution in [2.24, 2.45) is 0 Å². The molecule has 1 saturated heterocycles. The summed E-state index contributed by atoms with van der Waals surface area (Å²) in [5, 5.41) is 12.4. The Morgan fingerprint density at radius 2 is 2.00 bits per heavy atom. The van der Waals surface area contributed by atoms with Crippen LogP contribution in [0, 0.1) is 0 Å². The van der Waals surface area contributed by atoms with Crippen molar-refractivity contribution in [2.45, 2.75) is 31.9 Å². The highest BCUT2D eigenvalue weighted by Crippen LogP contribution is 2.36. The third-order valence-corrected chi connectivity index (χ3v) is 6.29. The zero-order chi connectivity index (χ0) is 23.5. The number of rotatable bonds is 7. The van der Waals surface area contributed by atoms with E-state index in [9.17, 15) is 0 Å². The molecule has 2 aromatic carbocycles. The van der Waals surface area contributed by atoms with Crippen LogP contribution in [0.15, 0.2) is 41.2 Å². The van der Waals surface area contributed by atoms with E-state index in [4.69, 9.17) is 37.2 Å². The molecule has 5 rings (SSSR count). The Morgan fingerprint density at radius 3 is 2.77 bits per heavy atom. The molecule has 1 aliphatic heterocycles. The van der Waals surface area contributed by atoms with Crippen molar-refractivity contribution in [1.82, 2.24) is 25.4 Å². The summed E-state index contributed by atoms with van der Waals surface area (Å²) < 4.78 is 17.0. The Kier molecular flexibility index (Phi) is 8.12. The number of piperidine rings is 1. The molecule has 0 amide bonds. The van der Waals surface area contributed by atoms with Crippen molar-refractivity contribution in [3.8, 4) is 11.5 Å².